The highest BCUT2D eigenvalue weighted by Gasteiger charge is 2.17. The molecule has 0 radical (unpaired) electrons. The minimum Gasteiger partial charge on any atom is -0.354 e. The van der Waals surface area contributed by atoms with Crippen LogP contribution in [0.15, 0.2) is 55.0 Å². The molecule has 0 unspecified atom stereocenters. The lowest BCUT2D eigenvalue weighted by Crippen LogP contribution is -2.44. The maximum absolute atomic E-state index is 13.0. The number of benzene rings is 1. The number of carbonyl (C=O) groups is 2. The number of anilines is 2. The second-order valence-electron chi connectivity index (χ2n) is 8.39. The highest BCUT2D eigenvalue weighted by molar-refractivity contribution is 7.16. The first kappa shape index (κ1) is 22.9. The summed E-state index contributed by atoms with van der Waals surface area (Å²) in [5.41, 5.74) is 1.43. The SMILES string of the molecule is CNC(=O)c1cnc(-c2ccc3cnc(NC(=O)c4ccnc(N5CCN(C)CC5)c4)cc3c2)s1. The standard InChI is InChI=1S/C25H25N7O2S/c1-26-24(34)20-15-29-25(35-20)17-3-4-18-14-28-21(12-19(18)11-17)30-23(33)16-5-6-27-22(13-16)32-9-7-31(2)8-10-32/h3-6,11-15H,7-10H2,1-2H3,(H,26,34)(H,28,30,33). The third-order valence-corrected chi connectivity index (χ3v) is 7.05. The summed E-state index contributed by atoms with van der Waals surface area (Å²) in [6, 6.07) is 11.3. The fourth-order valence-corrected chi connectivity index (χ4v) is 4.79. The Labute approximate surface area is 206 Å². The summed E-state index contributed by atoms with van der Waals surface area (Å²) in [6.45, 7) is 3.70. The summed E-state index contributed by atoms with van der Waals surface area (Å²) in [6.07, 6.45) is 4.98. The van der Waals surface area contributed by atoms with Gasteiger partial charge < -0.3 is 20.4 Å². The molecule has 2 amide bonds. The summed E-state index contributed by atoms with van der Waals surface area (Å²) >= 11 is 1.33. The van der Waals surface area contributed by atoms with Gasteiger partial charge in [0, 0.05) is 62.1 Å². The van der Waals surface area contributed by atoms with Gasteiger partial charge in [-0.25, -0.2) is 15.0 Å². The van der Waals surface area contributed by atoms with Gasteiger partial charge in [-0.3, -0.25) is 9.59 Å². The number of likely N-dealkylation sites (N-methyl/N-ethyl adjacent to an activating group) is 1. The molecule has 2 N–H and O–H groups in total. The Hall–Kier alpha value is -3.89. The molecule has 1 fully saturated rings. The molecule has 0 bridgehead atoms. The van der Waals surface area contributed by atoms with Crippen LogP contribution >= 0.6 is 11.3 Å². The van der Waals surface area contributed by atoms with Gasteiger partial charge in [-0.15, -0.1) is 11.3 Å². The zero-order chi connectivity index (χ0) is 24.4. The van der Waals surface area contributed by atoms with Crippen molar-refractivity contribution in [3.63, 3.8) is 0 Å². The Kier molecular flexibility index (Phi) is 6.39. The number of piperazine rings is 1. The summed E-state index contributed by atoms with van der Waals surface area (Å²) < 4.78 is 0. The monoisotopic (exact) mass is 487 g/mol. The minimum atomic E-state index is -0.235. The van der Waals surface area contributed by atoms with Gasteiger partial charge in [0.25, 0.3) is 11.8 Å². The van der Waals surface area contributed by atoms with E-state index in [1.54, 1.807) is 31.7 Å². The molecule has 4 aromatic rings. The van der Waals surface area contributed by atoms with Gasteiger partial charge in [0.2, 0.25) is 0 Å². The summed E-state index contributed by atoms with van der Waals surface area (Å²) in [7, 11) is 3.70. The highest BCUT2D eigenvalue weighted by atomic mass is 32.1. The van der Waals surface area contributed by atoms with Crippen molar-refractivity contribution in [1.29, 1.82) is 0 Å². The molecule has 35 heavy (non-hydrogen) atoms. The fraction of sp³-hybridized carbons (Fsp3) is 0.240. The van der Waals surface area contributed by atoms with Crippen LogP contribution in [0.5, 0.6) is 0 Å². The van der Waals surface area contributed by atoms with E-state index in [4.69, 9.17) is 0 Å². The number of nitrogens with zero attached hydrogens (tertiary/aromatic N) is 5. The first-order chi connectivity index (χ1) is 17.0. The van der Waals surface area contributed by atoms with E-state index in [1.165, 1.54) is 11.3 Å². The second kappa shape index (κ2) is 9.77. The quantitative estimate of drug-likeness (QED) is 0.446. The zero-order valence-electron chi connectivity index (χ0n) is 19.5. The van der Waals surface area contributed by atoms with Gasteiger partial charge in [0.15, 0.2) is 0 Å². The maximum atomic E-state index is 13.0. The molecule has 0 atom stereocenters. The van der Waals surface area contributed by atoms with E-state index in [0.717, 1.165) is 53.3 Å². The van der Waals surface area contributed by atoms with E-state index < -0.39 is 0 Å². The number of pyridine rings is 2. The zero-order valence-corrected chi connectivity index (χ0v) is 20.3. The number of hydrogen-bond acceptors (Lipinski definition) is 8. The third-order valence-electron chi connectivity index (χ3n) is 6.00. The molecule has 1 saturated heterocycles. The van der Waals surface area contributed by atoms with E-state index in [1.807, 2.05) is 30.3 Å². The average Bonchev–Trinajstić information content (AvgIpc) is 3.39. The molecular weight excluding hydrogens is 462 g/mol. The summed E-state index contributed by atoms with van der Waals surface area (Å²) in [5, 5.41) is 8.12. The van der Waals surface area contributed by atoms with Crippen LogP contribution in [0.3, 0.4) is 0 Å². The Bertz CT molecular complexity index is 1400. The summed E-state index contributed by atoms with van der Waals surface area (Å²) in [4.78, 5) is 43.1. The van der Waals surface area contributed by atoms with E-state index in [-0.39, 0.29) is 11.8 Å². The lowest BCUT2D eigenvalue weighted by atomic mass is 10.1. The number of carbonyl (C=O) groups excluding carboxylic acids is 2. The van der Waals surface area contributed by atoms with Crippen LogP contribution < -0.4 is 15.5 Å². The fourth-order valence-electron chi connectivity index (χ4n) is 3.93. The van der Waals surface area contributed by atoms with Gasteiger partial charge in [0.1, 0.15) is 21.5 Å². The van der Waals surface area contributed by atoms with E-state index in [9.17, 15) is 9.59 Å². The van der Waals surface area contributed by atoms with Crippen molar-refractivity contribution >= 4 is 45.6 Å². The van der Waals surface area contributed by atoms with Crippen LogP contribution in [0.2, 0.25) is 0 Å². The van der Waals surface area contributed by atoms with Gasteiger partial charge in [-0.05, 0) is 36.7 Å². The van der Waals surface area contributed by atoms with Crippen molar-refractivity contribution < 1.29 is 9.59 Å². The molecule has 10 heteroatoms. The van der Waals surface area contributed by atoms with Gasteiger partial charge >= 0.3 is 0 Å². The maximum Gasteiger partial charge on any atom is 0.262 e. The molecule has 1 aromatic carbocycles. The molecule has 1 aliphatic heterocycles. The van der Waals surface area contributed by atoms with Crippen molar-refractivity contribution in [2.24, 2.45) is 0 Å². The molecule has 1 aliphatic rings. The Morgan fingerprint density at radius 1 is 0.914 bits per heavy atom. The first-order valence-corrected chi connectivity index (χ1v) is 12.1. The molecule has 178 valence electrons. The average molecular weight is 488 g/mol. The Balaban J connectivity index is 1.35. The van der Waals surface area contributed by atoms with Crippen LogP contribution in [0, 0.1) is 0 Å². The van der Waals surface area contributed by atoms with Crippen molar-refractivity contribution in [3.05, 3.63) is 65.4 Å². The molecule has 4 heterocycles. The number of fused-ring (bicyclic) bond motifs is 1. The molecule has 0 saturated carbocycles. The Morgan fingerprint density at radius 2 is 1.74 bits per heavy atom. The normalized spacial score (nSPS) is 14.2. The molecule has 3 aromatic heterocycles. The predicted molar refractivity (Wildman–Crippen MR) is 138 cm³/mol. The van der Waals surface area contributed by atoms with Crippen LogP contribution in [-0.2, 0) is 0 Å². The number of rotatable bonds is 5. The topological polar surface area (TPSA) is 103 Å². The molecule has 9 nitrogen and oxygen atoms in total. The minimum absolute atomic E-state index is 0.157. The smallest absolute Gasteiger partial charge is 0.262 e. The van der Waals surface area contributed by atoms with Crippen molar-refractivity contribution in [2.45, 2.75) is 0 Å². The second-order valence-corrected chi connectivity index (χ2v) is 9.42. The first-order valence-electron chi connectivity index (χ1n) is 11.3. The van der Waals surface area contributed by atoms with Crippen molar-refractivity contribution in [1.82, 2.24) is 25.2 Å². The molecule has 0 spiro atoms. The third kappa shape index (κ3) is 4.98. The van der Waals surface area contributed by atoms with Gasteiger partial charge in [-0.2, -0.15) is 0 Å². The van der Waals surface area contributed by atoms with Crippen LogP contribution in [0.1, 0.15) is 20.0 Å². The van der Waals surface area contributed by atoms with Crippen molar-refractivity contribution in [3.8, 4) is 10.6 Å². The van der Waals surface area contributed by atoms with E-state index >= 15 is 0 Å². The van der Waals surface area contributed by atoms with E-state index in [2.05, 4.69) is 42.4 Å². The van der Waals surface area contributed by atoms with Gasteiger partial charge in [-0.1, -0.05) is 12.1 Å². The Morgan fingerprint density at radius 3 is 2.54 bits per heavy atom. The number of thiazole rings is 1. The lowest BCUT2D eigenvalue weighted by molar-refractivity contribution is 0.0965. The largest absolute Gasteiger partial charge is 0.354 e. The summed E-state index contributed by atoms with van der Waals surface area (Å²) in [5.74, 6) is 0.876. The molecular formula is C25H25N7O2S. The number of amides is 2. The van der Waals surface area contributed by atoms with Gasteiger partial charge in [0.05, 0.1) is 6.20 Å². The predicted octanol–water partition coefficient (Wildman–Crippen LogP) is 3.12. The van der Waals surface area contributed by atoms with Crippen LogP contribution in [0.25, 0.3) is 21.3 Å². The van der Waals surface area contributed by atoms with E-state index in [0.29, 0.717) is 16.3 Å². The van der Waals surface area contributed by atoms with Crippen LogP contribution in [-0.4, -0.2) is 71.9 Å². The molecule has 0 aliphatic carbocycles. The van der Waals surface area contributed by atoms with Crippen LogP contribution in [0.4, 0.5) is 11.6 Å². The van der Waals surface area contributed by atoms with Crippen molar-refractivity contribution in [2.75, 3.05) is 50.5 Å². The number of aromatic nitrogens is 3. The molecule has 5 rings (SSSR count). The number of hydrogen-bond donors (Lipinski definition) is 2. The lowest BCUT2D eigenvalue weighted by Gasteiger charge is -2.33. The number of nitrogens with one attached hydrogen (secondary N) is 2. The highest BCUT2D eigenvalue weighted by Crippen LogP contribution is 2.29.